The number of hydrogen-bond donors (Lipinski definition) is 1. The quantitative estimate of drug-likeness (QED) is 0.934. The average molecular weight is 285 g/mol. The van der Waals surface area contributed by atoms with Crippen LogP contribution in [0.2, 0.25) is 0 Å². The third-order valence-corrected chi connectivity index (χ3v) is 3.41. The number of anilines is 1. The van der Waals surface area contributed by atoms with Crippen LogP contribution in [0.25, 0.3) is 11.3 Å². The fraction of sp³-hybridized carbons (Fsp3) is 0.375. The SMILES string of the molecule is Cc1ccc(-c2ccc(NCC3COCCO3)nn2)cc1. The van der Waals surface area contributed by atoms with E-state index in [0.29, 0.717) is 26.4 Å². The van der Waals surface area contributed by atoms with Gasteiger partial charge in [0.05, 0.1) is 31.6 Å². The van der Waals surface area contributed by atoms with Crippen LogP contribution >= 0.6 is 0 Å². The van der Waals surface area contributed by atoms with E-state index in [2.05, 4.69) is 46.7 Å². The molecule has 21 heavy (non-hydrogen) atoms. The summed E-state index contributed by atoms with van der Waals surface area (Å²) in [7, 11) is 0. The number of nitrogens with zero attached hydrogens (tertiary/aromatic N) is 2. The van der Waals surface area contributed by atoms with E-state index in [4.69, 9.17) is 9.47 Å². The lowest BCUT2D eigenvalue weighted by Crippen LogP contribution is -2.34. The second-order valence-electron chi connectivity index (χ2n) is 5.12. The van der Waals surface area contributed by atoms with Gasteiger partial charge in [0.15, 0.2) is 0 Å². The standard InChI is InChI=1S/C16H19N3O2/c1-12-2-4-13(5-3-12)15-6-7-16(19-18-15)17-10-14-11-20-8-9-21-14/h2-7,14H,8-11H2,1H3,(H,17,19). The van der Waals surface area contributed by atoms with Gasteiger partial charge < -0.3 is 14.8 Å². The Kier molecular flexibility index (Phi) is 4.43. The minimum Gasteiger partial charge on any atom is -0.376 e. The second-order valence-corrected chi connectivity index (χ2v) is 5.12. The Morgan fingerprint density at radius 1 is 1.10 bits per heavy atom. The molecule has 2 aromatic rings. The van der Waals surface area contributed by atoms with Crippen molar-refractivity contribution < 1.29 is 9.47 Å². The first kappa shape index (κ1) is 14.0. The van der Waals surface area contributed by atoms with Crippen molar-refractivity contribution in [1.82, 2.24) is 10.2 Å². The highest BCUT2D eigenvalue weighted by atomic mass is 16.6. The molecule has 5 nitrogen and oxygen atoms in total. The Hall–Kier alpha value is -1.98. The molecule has 1 aliphatic heterocycles. The van der Waals surface area contributed by atoms with Crippen molar-refractivity contribution >= 4 is 5.82 Å². The lowest BCUT2D eigenvalue weighted by Gasteiger charge is -2.23. The summed E-state index contributed by atoms with van der Waals surface area (Å²) in [5.41, 5.74) is 3.18. The van der Waals surface area contributed by atoms with Gasteiger partial charge in [-0.2, -0.15) is 0 Å². The lowest BCUT2D eigenvalue weighted by atomic mass is 10.1. The molecular weight excluding hydrogens is 266 g/mol. The third-order valence-electron chi connectivity index (χ3n) is 3.41. The molecule has 1 aliphatic rings. The predicted octanol–water partition coefficient (Wildman–Crippen LogP) is 2.28. The molecule has 1 N–H and O–H groups in total. The first-order valence-electron chi connectivity index (χ1n) is 7.15. The molecule has 0 spiro atoms. The molecule has 5 heteroatoms. The highest BCUT2D eigenvalue weighted by molar-refractivity contribution is 5.59. The Labute approximate surface area is 124 Å². The number of ether oxygens (including phenoxy) is 2. The summed E-state index contributed by atoms with van der Waals surface area (Å²) in [4.78, 5) is 0. The van der Waals surface area contributed by atoms with Crippen LogP contribution in [-0.4, -0.2) is 42.7 Å². The van der Waals surface area contributed by atoms with Gasteiger partial charge in [0.1, 0.15) is 5.82 Å². The zero-order valence-corrected chi connectivity index (χ0v) is 12.1. The van der Waals surface area contributed by atoms with Crippen LogP contribution in [0.1, 0.15) is 5.56 Å². The summed E-state index contributed by atoms with van der Waals surface area (Å²) in [5.74, 6) is 0.750. The van der Waals surface area contributed by atoms with Gasteiger partial charge in [-0.15, -0.1) is 10.2 Å². The summed E-state index contributed by atoms with van der Waals surface area (Å²) in [6.07, 6.45) is 0.0809. The normalized spacial score (nSPS) is 18.4. The number of nitrogens with one attached hydrogen (secondary N) is 1. The molecule has 0 saturated carbocycles. The van der Waals surface area contributed by atoms with Gasteiger partial charge >= 0.3 is 0 Å². The number of hydrogen-bond acceptors (Lipinski definition) is 5. The zero-order chi connectivity index (χ0) is 14.5. The van der Waals surface area contributed by atoms with Gasteiger partial charge in [-0.25, -0.2) is 0 Å². The summed E-state index contributed by atoms with van der Waals surface area (Å²) in [5, 5.41) is 11.7. The maximum absolute atomic E-state index is 5.57. The minimum absolute atomic E-state index is 0.0809. The Balaban J connectivity index is 1.59. The van der Waals surface area contributed by atoms with Gasteiger partial charge in [0.25, 0.3) is 0 Å². The lowest BCUT2D eigenvalue weighted by molar-refractivity contribution is -0.0819. The predicted molar refractivity (Wildman–Crippen MR) is 81.3 cm³/mol. The third kappa shape index (κ3) is 3.77. The average Bonchev–Trinajstić information content (AvgIpc) is 2.55. The number of aromatic nitrogens is 2. The number of rotatable bonds is 4. The van der Waals surface area contributed by atoms with Crippen molar-refractivity contribution in [3.8, 4) is 11.3 Å². The van der Waals surface area contributed by atoms with Crippen LogP contribution in [0.5, 0.6) is 0 Å². The Morgan fingerprint density at radius 3 is 2.62 bits per heavy atom. The van der Waals surface area contributed by atoms with Gasteiger partial charge in [0, 0.05) is 12.1 Å². The van der Waals surface area contributed by atoms with Crippen molar-refractivity contribution in [3.05, 3.63) is 42.0 Å². The van der Waals surface area contributed by atoms with Gasteiger partial charge in [-0.3, -0.25) is 0 Å². The van der Waals surface area contributed by atoms with E-state index in [1.54, 1.807) is 0 Å². The van der Waals surface area contributed by atoms with Gasteiger partial charge in [-0.05, 0) is 19.1 Å². The largest absolute Gasteiger partial charge is 0.376 e. The molecule has 1 aromatic heterocycles. The van der Waals surface area contributed by atoms with Crippen LogP contribution in [0.15, 0.2) is 36.4 Å². The monoisotopic (exact) mass is 285 g/mol. The summed E-state index contributed by atoms with van der Waals surface area (Å²) in [6, 6.07) is 12.2. The van der Waals surface area contributed by atoms with Crippen molar-refractivity contribution in [1.29, 1.82) is 0 Å². The fourth-order valence-electron chi connectivity index (χ4n) is 2.18. The van der Waals surface area contributed by atoms with E-state index in [-0.39, 0.29) is 6.10 Å². The van der Waals surface area contributed by atoms with Crippen molar-refractivity contribution in [2.45, 2.75) is 13.0 Å². The first-order chi connectivity index (χ1) is 10.3. The summed E-state index contributed by atoms with van der Waals surface area (Å²) in [6.45, 7) is 4.71. The molecule has 1 atom stereocenters. The summed E-state index contributed by atoms with van der Waals surface area (Å²) < 4.78 is 10.9. The fourth-order valence-corrected chi connectivity index (χ4v) is 2.18. The molecule has 2 heterocycles. The molecular formula is C16H19N3O2. The molecule has 1 fully saturated rings. The van der Waals surface area contributed by atoms with Gasteiger partial charge in [0.2, 0.25) is 0 Å². The van der Waals surface area contributed by atoms with E-state index in [1.165, 1.54) is 5.56 Å². The number of benzene rings is 1. The van der Waals surface area contributed by atoms with E-state index in [1.807, 2.05) is 12.1 Å². The maximum atomic E-state index is 5.57. The van der Waals surface area contributed by atoms with E-state index >= 15 is 0 Å². The van der Waals surface area contributed by atoms with Crippen LogP contribution in [0, 0.1) is 6.92 Å². The maximum Gasteiger partial charge on any atom is 0.148 e. The summed E-state index contributed by atoms with van der Waals surface area (Å²) >= 11 is 0. The second kappa shape index (κ2) is 6.65. The van der Waals surface area contributed by atoms with E-state index < -0.39 is 0 Å². The van der Waals surface area contributed by atoms with Crippen molar-refractivity contribution in [2.75, 3.05) is 31.7 Å². The molecule has 1 aromatic carbocycles. The van der Waals surface area contributed by atoms with Crippen LogP contribution in [0.4, 0.5) is 5.82 Å². The molecule has 0 amide bonds. The molecule has 0 aliphatic carbocycles. The van der Waals surface area contributed by atoms with Crippen LogP contribution in [0.3, 0.4) is 0 Å². The van der Waals surface area contributed by atoms with Crippen molar-refractivity contribution in [2.24, 2.45) is 0 Å². The van der Waals surface area contributed by atoms with Crippen LogP contribution < -0.4 is 5.32 Å². The zero-order valence-electron chi connectivity index (χ0n) is 12.1. The molecule has 0 radical (unpaired) electrons. The number of aryl methyl sites for hydroxylation is 1. The van der Waals surface area contributed by atoms with Gasteiger partial charge in [-0.1, -0.05) is 29.8 Å². The van der Waals surface area contributed by atoms with Crippen molar-refractivity contribution in [3.63, 3.8) is 0 Å². The molecule has 1 unspecified atom stereocenters. The Morgan fingerprint density at radius 2 is 1.95 bits per heavy atom. The van der Waals surface area contributed by atoms with E-state index in [0.717, 1.165) is 17.1 Å². The minimum atomic E-state index is 0.0809. The first-order valence-corrected chi connectivity index (χ1v) is 7.15. The Bertz CT molecular complexity index is 563. The molecule has 1 saturated heterocycles. The smallest absolute Gasteiger partial charge is 0.148 e. The van der Waals surface area contributed by atoms with Crippen LogP contribution in [-0.2, 0) is 9.47 Å². The molecule has 0 bridgehead atoms. The molecule has 110 valence electrons. The molecule has 3 rings (SSSR count). The highest BCUT2D eigenvalue weighted by Crippen LogP contribution is 2.17. The highest BCUT2D eigenvalue weighted by Gasteiger charge is 2.14. The van der Waals surface area contributed by atoms with E-state index in [9.17, 15) is 0 Å². The topological polar surface area (TPSA) is 56.3 Å².